The van der Waals surface area contributed by atoms with E-state index in [9.17, 15) is 22.8 Å². The lowest BCUT2D eigenvalue weighted by Crippen LogP contribution is -2.15. The van der Waals surface area contributed by atoms with Crippen LogP contribution in [0.3, 0.4) is 0 Å². The molecule has 0 unspecified atom stereocenters. The molecule has 0 heterocycles. The molecule has 1 amide bonds. The second-order valence-electron chi connectivity index (χ2n) is 4.24. The summed E-state index contributed by atoms with van der Waals surface area (Å²) in [6.45, 7) is 0. The lowest BCUT2D eigenvalue weighted by atomic mass is 10.1. The molecule has 1 N–H and O–H groups in total. The highest BCUT2D eigenvalue weighted by Gasteiger charge is 2.30. The molecule has 2 rings (SSSR count). The van der Waals surface area contributed by atoms with Crippen molar-refractivity contribution in [3.05, 3.63) is 65.2 Å². The fraction of sp³-hybridized carbons (Fsp3) is 0.0667. The SMILES string of the molecule is O=Cc1ccccc1C(=O)Nc1cccc(C(F)(F)F)c1. The van der Waals surface area contributed by atoms with Crippen molar-refractivity contribution in [3.63, 3.8) is 0 Å². The van der Waals surface area contributed by atoms with Gasteiger partial charge in [0.15, 0.2) is 6.29 Å². The molecule has 108 valence electrons. The zero-order valence-corrected chi connectivity index (χ0v) is 10.6. The van der Waals surface area contributed by atoms with Gasteiger partial charge in [0.05, 0.1) is 11.1 Å². The number of anilines is 1. The van der Waals surface area contributed by atoms with Crippen LogP contribution in [0.2, 0.25) is 0 Å². The van der Waals surface area contributed by atoms with Crippen LogP contribution >= 0.6 is 0 Å². The third kappa shape index (κ3) is 3.47. The van der Waals surface area contributed by atoms with Crippen LogP contribution in [-0.2, 0) is 6.18 Å². The minimum Gasteiger partial charge on any atom is -0.322 e. The Balaban J connectivity index is 2.26. The first-order chi connectivity index (χ1) is 9.91. The molecule has 0 saturated heterocycles. The molecule has 0 radical (unpaired) electrons. The molecule has 0 spiro atoms. The van der Waals surface area contributed by atoms with E-state index in [4.69, 9.17) is 0 Å². The number of benzene rings is 2. The fourth-order valence-electron chi connectivity index (χ4n) is 1.78. The Morgan fingerprint density at radius 2 is 1.76 bits per heavy atom. The molecular formula is C15H10F3NO2. The van der Waals surface area contributed by atoms with Crippen LogP contribution in [-0.4, -0.2) is 12.2 Å². The van der Waals surface area contributed by atoms with Gasteiger partial charge in [-0.3, -0.25) is 9.59 Å². The Hall–Kier alpha value is -2.63. The number of rotatable bonds is 3. The van der Waals surface area contributed by atoms with E-state index in [1.54, 1.807) is 12.1 Å². The van der Waals surface area contributed by atoms with Crippen molar-refractivity contribution in [3.8, 4) is 0 Å². The Kier molecular flexibility index (Phi) is 4.07. The molecule has 21 heavy (non-hydrogen) atoms. The molecule has 0 bridgehead atoms. The zero-order chi connectivity index (χ0) is 15.5. The van der Waals surface area contributed by atoms with Crippen molar-refractivity contribution in [1.29, 1.82) is 0 Å². The number of halogens is 3. The highest BCUT2D eigenvalue weighted by Crippen LogP contribution is 2.30. The quantitative estimate of drug-likeness (QED) is 0.876. The molecule has 0 fully saturated rings. The second-order valence-corrected chi connectivity index (χ2v) is 4.24. The third-order valence-corrected chi connectivity index (χ3v) is 2.78. The van der Waals surface area contributed by atoms with Gasteiger partial charge in [-0.15, -0.1) is 0 Å². The van der Waals surface area contributed by atoms with Gasteiger partial charge in [-0.25, -0.2) is 0 Å². The maximum absolute atomic E-state index is 12.6. The number of alkyl halides is 3. The average Bonchev–Trinajstić information content (AvgIpc) is 2.46. The molecule has 0 aliphatic carbocycles. The van der Waals surface area contributed by atoms with E-state index in [0.717, 1.165) is 12.1 Å². The summed E-state index contributed by atoms with van der Waals surface area (Å²) in [6.07, 6.45) is -3.97. The summed E-state index contributed by atoms with van der Waals surface area (Å²) >= 11 is 0. The predicted octanol–water partition coefficient (Wildman–Crippen LogP) is 3.77. The number of carbonyl (C=O) groups excluding carboxylic acids is 2. The van der Waals surface area contributed by atoms with Crippen molar-refractivity contribution >= 4 is 17.9 Å². The summed E-state index contributed by atoms with van der Waals surface area (Å²) in [5, 5.41) is 2.35. The highest BCUT2D eigenvalue weighted by atomic mass is 19.4. The minimum atomic E-state index is -4.48. The Bertz CT molecular complexity index is 681. The summed E-state index contributed by atoms with van der Waals surface area (Å²) < 4.78 is 37.8. The maximum atomic E-state index is 12.6. The Morgan fingerprint density at radius 1 is 1.05 bits per heavy atom. The van der Waals surface area contributed by atoms with Gasteiger partial charge in [-0.1, -0.05) is 24.3 Å². The summed E-state index contributed by atoms with van der Waals surface area (Å²) in [7, 11) is 0. The van der Waals surface area contributed by atoms with Crippen molar-refractivity contribution in [1.82, 2.24) is 0 Å². The van der Waals surface area contributed by atoms with E-state index in [-0.39, 0.29) is 16.8 Å². The van der Waals surface area contributed by atoms with Crippen LogP contribution in [0, 0.1) is 0 Å². The molecule has 0 aliphatic rings. The molecule has 6 heteroatoms. The van der Waals surface area contributed by atoms with E-state index in [1.807, 2.05) is 0 Å². The molecule has 3 nitrogen and oxygen atoms in total. The maximum Gasteiger partial charge on any atom is 0.416 e. The fourth-order valence-corrected chi connectivity index (χ4v) is 1.78. The van der Waals surface area contributed by atoms with Crippen molar-refractivity contribution in [2.45, 2.75) is 6.18 Å². The van der Waals surface area contributed by atoms with Gasteiger partial charge >= 0.3 is 6.18 Å². The first-order valence-electron chi connectivity index (χ1n) is 5.94. The van der Waals surface area contributed by atoms with Crippen LogP contribution in [0.25, 0.3) is 0 Å². The molecule has 0 saturated carbocycles. The van der Waals surface area contributed by atoms with Crippen molar-refractivity contribution in [2.75, 3.05) is 5.32 Å². The molecule has 2 aromatic rings. The van der Waals surface area contributed by atoms with Crippen LogP contribution in [0.4, 0.5) is 18.9 Å². The third-order valence-electron chi connectivity index (χ3n) is 2.78. The first-order valence-corrected chi connectivity index (χ1v) is 5.94. The number of nitrogens with one attached hydrogen (secondary N) is 1. The van der Waals surface area contributed by atoms with Crippen LogP contribution in [0.15, 0.2) is 48.5 Å². The van der Waals surface area contributed by atoms with E-state index in [1.165, 1.54) is 24.3 Å². The minimum absolute atomic E-state index is 0.00975. The number of carbonyl (C=O) groups is 2. The first kappa shape index (κ1) is 14.8. The predicted molar refractivity (Wildman–Crippen MR) is 71.2 cm³/mol. The normalized spacial score (nSPS) is 11.0. The average molecular weight is 293 g/mol. The van der Waals surface area contributed by atoms with Crippen LogP contribution < -0.4 is 5.32 Å². The monoisotopic (exact) mass is 293 g/mol. The largest absolute Gasteiger partial charge is 0.416 e. The number of aldehydes is 1. The van der Waals surface area contributed by atoms with Gasteiger partial charge in [-0.05, 0) is 24.3 Å². The number of amides is 1. The van der Waals surface area contributed by atoms with Gasteiger partial charge in [0.1, 0.15) is 0 Å². The van der Waals surface area contributed by atoms with Crippen molar-refractivity contribution in [2.24, 2.45) is 0 Å². The lowest BCUT2D eigenvalue weighted by molar-refractivity contribution is -0.137. The number of hydrogen-bond acceptors (Lipinski definition) is 2. The second kappa shape index (κ2) is 5.78. The summed E-state index contributed by atoms with van der Waals surface area (Å²) in [5.41, 5.74) is -0.577. The Morgan fingerprint density at radius 3 is 2.43 bits per heavy atom. The van der Waals surface area contributed by atoms with E-state index in [2.05, 4.69) is 5.32 Å². The van der Waals surface area contributed by atoms with Gasteiger partial charge in [0.2, 0.25) is 0 Å². The van der Waals surface area contributed by atoms with E-state index < -0.39 is 17.6 Å². The smallest absolute Gasteiger partial charge is 0.322 e. The van der Waals surface area contributed by atoms with Crippen LogP contribution in [0.5, 0.6) is 0 Å². The van der Waals surface area contributed by atoms with E-state index >= 15 is 0 Å². The standard InChI is InChI=1S/C15H10F3NO2/c16-15(17,18)11-5-3-6-12(8-11)19-14(21)13-7-2-1-4-10(13)9-20/h1-9H,(H,19,21). The Labute approximate surface area is 118 Å². The molecular weight excluding hydrogens is 283 g/mol. The van der Waals surface area contributed by atoms with Crippen LogP contribution in [0.1, 0.15) is 26.3 Å². The van der Waals surface area contributed by atoms with Gasteiger partial charge < -0.3 is 5.32 Å². The van der Waals surface area contributed by atoms with Crippen molar-refractivity contribution < 1.29 is 22.8 Å². The summed E-state index contributed by atoms with van der Waals surface area (Å²) in [4.78, 5) is 22.8. The summed E-state index contributed by atoms with van der Waals surface area (Å²) in [6, 6.07) is 10.3. The molecule has 0 atom stereocenters. The molecule has 0 aromatic heterocycles. The zero-order valence-electron chi connectivity index (χ0n) is 10.6. The summed E-state index contributed by atoms with van der Waals surface area (Å²) in [5.74, 6) is -0.642. The van der Waals surface area contributed by atoms with Gasteiger partial charge in [0.25, 0.3) is 5.91 Å². The topological polar surface area (TPSA) is 46.2 Å². The van der Waals surface area contributed by atoms with Gasteiger partial charge in [-0.2, -0.15) is 13.2 Å². The van der Waals surface area contributed by atoms with Gasteiger partial charge in [0, 0.05) is 11.3 Å². The number of hydrogen-bond donors (Lipinski definition) is 1. The lowest BCUT2D eigenvalue weighted by Gasteiger charge is -2.10. The molecule has 2 aromatic carbocycles. The molecule has 0 aliphatic heterocycles. The highest BCUT2D eigenvalue weighted by molar-refractivity contribution is 6.08. The van der Waals surface area contributed by atoms with E-state index in [0.29, 0.717) is 6.29 Å².